The zero-order valence-electron chi connectivity index (χ0n) is 21.7. The zero-order chi connectivity index (χ0) is 27.1. The van der Waals surface area contributed by atoms with Crippen LogP contribution in [0.3, 0.4) is 0 Å². The average molecular weight is 530 g/mol. The number of pyridine rings is 1. The van der Waals surface area contributed by atoms with E-state index in [4.69, 9.17) is 34.9 Å². The minimum Gasteiger partial charge on any atom is -0.356 e. The number of aryl methyl sites for hydroxylation is 1. The summed E-state index contributed by atoms with van der Waals surface area (Å²) in [6.07, 6.45) is 4.02. The predicted molar refractivity (Wildman–Crippen MR) is 162 cm³/mol. The van der Waals surface area contributed by atoms with E-state index in [0.717, 1.165) is 44.5 Å². The molecule has 6 aliphatic heterocycles. The topological polar surface area (TPSA) is 104 Å². The Bertz CT molecular complexity index is 2140. The van der Waals surface area contributed by atoms with Crippen molar-refractivity contribution in [1.29, 1.82) is 0 Å². The molecule has 192 valence electrons. The third-order valence-electron chi connectivity index (χ3n) is 7.57. The third-order valence-corrected chi connectivity index (χ3v) is 7.57. The van der Waals surface area contributed by atoms with Crippen molar-refractivity contribution in [3.05, 3.63) is 125 Å². The van der Waals surface area contributed by atoms with Crippen LogP contribution in [0.25, 0.3) is 11.1 Å². The minimum absolute atomic E-state index is 0.556. The highest BCUT2D eigenvalue weighted by molar-refractivity contribution is 6.33. The lowest BCUT2D eigenvalue weighted by atomic mass is 10.1. The Kier molecular flexibility index (Phi) is 4.35. The lowest BCUT2D eigenvalue weighted by Crippen LogP contribution is -2.12. The van der Waals surface area contributed by atoms with E-state index in [0.29, 0.717) is 46.6 Å². The molecule has 6 heterocycles. The molecule has 0 amide bonds. The molecule has 9 rings (SSSR count). The Morgan fingerprint density at radius 2 is 0.951 bits per heavy atom. The summed E-state index contributed by atoms with van der Waals surface area (Å²) in [5.74, 6) is 4.73. The van der Waals surface area contributed by atoms with Gasteiger partial charge in [-0.2, -0.15) is 0 Å². The number of aliphatic imine (C=N–C) groups is 6. The van der Waals surface area contributed by atoms with Crippen molar-refractivity contribution < 1.29 is 0 Å². The third kappa shape index (κ3) is 3.26. The summed E-state index contributed by atoms with van der Waals surface area (Å²) in [7, 11) is 1.98. The molecule has 1 N–H and O–H groups in total. The van der Waals surface area contributed by atoms with Crippen molar-refractivity contribution in [3.63, 3.8) is 0 Å². The summed E-state index contributed by atoms with van der Waals surface area (Å²) >= 11 is 0. The highest BCUT2D eigenvalue weighted by Gasteiger charge is 2.30. The van der Waals surface area contributed by atoms with Crippen molar-refractivity contribution in [2.45, 2.75) is 0 Å². The van der Waals surface area contributed by atoms with Gasteiger partial charge in [-0.1, -0.05) is 72.8 Å². The first-order valence-corrected chi connectivity index (χ1v) is 13.2. The number of benzene rings is 3. The van der Waals surface area contributed by atoms with Gasteiger partial charge in [-0.3, -0.25) is 0 Å². The van der Waals surface area contributed by atoms with Gasteiger partial charge in [-0.15, -0.1) is 0 Å². The maximum atomic E-state index is 5.00. The molecule has 6 aliphatic rings. The molecule has 3 aromatic carbocycles. The molecule has 3 aromatic rings. The number of fused-ring (bicyclic) bond motifs is 17. The molecule has 9 nitrogen and oxygen atoms in total. The van der Waals surface area contributed by atoms with Gasteiger partial charge in [0.2, 0.25) is 0 Å². The molecule has 0 radical (unpaired) electrons. The monoisotopic (exact) mass is 529 g/mol. The molecule has 0 atom stereocenters. The molecule has 0 unspecified atom stereocenters. The van der Waals surface area contributed by atoms with Gasteiger partial charge in [0.25, 0.3) is 0 Å². The van der Waals surface area contributed by atoms with Crippen LogP contribution in [0.2, 0.25) is 0 Å². The standard InChI is InChI=1S/C32H19N9/c1-41-15-14-23-24(16-41)32-39-30-22-13-7-6-12-21(22)28(37-30)35-26-18-9-3-2-8-17(18)25(33-26)34-27-19-10-4-5-11-20(19)29(36-27)38-31(23)40-32/h2-16H,1H3,(H,33,34,35,36,37,38,39,40). The normalized spacial score (nSPS) is 16.0. The highest BCUT2D eigenvalue weighted by atomic mass is 15.2. The van der Waals surface area contributed by atoms with E-state index in [1.54, 1.807) is 0 Å². The number of nitrogens with one attached hydrogen (secondary N) is 1. The molecule has 8 bridgehead atoms. The second-order valence-corrected chi connectivity index (χ2v) is 10.1. The summed E-state index contributed by atoms with van der Waals surface area (Å²) in [6.45, 7) is 0. The van der Waals surface area contributed by atoms with E-state index in [1.807, 2.05) is 103 Å². The first kappa shape index (κ1) is 22.0. The fourth-order valence-corrected chi connectivity index (χ4v) is 5.62. The molecule has 0 aromatic heterocycles. The Balaban J connectivity index is 1.35. The number of rotatable bonds is 0. The average Bonchev–Trinajstić information content (AvgIpc) is 3.72. The van der Waals surface area contributed by atoms with E-state index in [-0.39, 0.29) is 0 Å². The van der Waals surface area contributed by atoms with Gasteiger partial charge in [-0.05, 0) is 6.07 Å². The molecule has 0 fully saturated rings. The lowest BCUT2D eigenvalue weighted by Gasteiger charge is -2.08. The summed E-state index contributed by atoms with van der Waals surface area (Å²) in [5.41, 5.74) is 7.30. The smallest absolute Gasteiger partial charge is 0.166 e. The second kappa shape index (κ2) is 8.09. The van der Waals surface area contributed by atoms with E-state index in [1.165, 1.54) is 0 Å². The van der Waals surface area contributed by atoms with Crippen LogP contribution in [0, 0.1) is 0 Å². The van der Waals surface area contributed by atoms with Crippen molar-refractivity contribution >= 4 is 46.6 Å². The van der Waals surface area contributed by atoms with Gasteiger partial charge < -0.3 is 9.88 Å². The van der Waals surface area contributed by atoms with Gasteiger partial charge in [-0.25, -0.2) is 34.9 Å². The largest absolute Gasteiger partial charge is 0.356 e. The summed E-state index contributed by atoms with van der Waals surface area (Å²) < 4.78 is 1.99. The van der Waals surface area contributed by atoms with Crippen LogP contribution >= 0.6 is 0 Å². The van der Waals surface area contributed by atoms with E-state index < -0.39 is 0 Å². The Morgan fingerprint density at radius 1 is 0.488 bits per heavy atom. The fourth-order valence-electron chi connectivity index (χ4n) is 5.62. The number of amidine groups is 6. The number of nitrogens with zero attached hydrogens (tertiary/aromatic N) is 8. The molecule has 0 spiro atoms. The fraction of sp³-hybridized carbons (Fsp3) is 0.0312. The van der Waals surface area contributed by atoms with Crippen molar-refractivity contribution in [1.82, 2.24) is 9.55 Å². The van der Waals surface area contributed by atoms with Crippen molar-refractivity contribution in [3.8, 4) is 11.1 Å². The maximum Gasteiger partial charge on any atom is 0.166 e. The minimum atomic E-state index is 0.556. The first-order valence-electron chi connectivity index (χ1n) is 13.2. The molecule has 0 saturated heterocycles. The van der Waals surface area contributed by atoms with Gasteiger partial charge >= 0.3 is 0 Å². The van der Waals surface area contributed by atoms with Crippen LogP contribution in [0.1, 0.15) is 33.4 Å². The Morgan fingerprint density at radius 3 is 1.51 bits per heavy atom. The van der Waals surface area contributed by atoms with Gasteiger partial charge in [0.15, 0.2) is 35.0 Å². The number of anilines is 1. The van der Waals surface area contributed by atoms with E-state index >= 15 is 0 Å². The van der Waals surface area contributed by atoms with Gasteiger partial charge in [0.05, 0.1) is 0 Å². The van der Waals surface area contributed by atoms with Crippen LogP contribution in [0.15, 0.2) is 121 Å². The molecular formula is C32H19N9. The van der Waals surface area contributed by atoms with E-state index in [9.17, 15) is 0 Å². The molecule has 9 heteroatoms. The number of aromatic nitrogens is 2. The zero-order valence-corrected chi connectivity index (χ0v) is 21.7. The predicted octanol–water partition coefficient (Wildman–Crippen LogP) is 5.20. The second-order valence-electron chi connectivity index (χ2n) is 10.1. The van der Waals surface area contributed by atoms with Crippen molar-refractivity contribution in [2.24, 2.45) is 37.0 Å². The molecule has 41 heavy (non-hydrogen) atoms. The summed E-state index contributed by atoms with van der Waals surface area (Å²) in [5, 5.41) is 3.50. The molecule has 0 saturated carbocycles. The highest BCUT2D eigenvalue weighted by Crippen LogP contribution is 2.40. The van der Waals surface area contributed by atoms with Crippen LogP contribution < -0.4 is 5.32 Å². The molecule has 0 aliphatic carbocycles. The summed E-state index contributed by atoms with van der Waals surface area (Å²) in [4.78, 5) is 34.6. The Hall–Kier alpha value is -5.83. The maximum absolute atomic E-state index is 5.00. The molecular weight excluding hydrogens is 510 g/mol. The number of hydrogen-bond acceptors (Lipinski definition) is 8. The number of hydrogen-bond donors (Lipinski definition) is 1. The van der Waals surface area contributed by atoms with Gasteiger partial charge in [0, 0.05) is 63.9 Å². The van der Waals surface area contributed by atoms with Crippen LogP contribution in [-0.2, 0) is 7.05 Å². The van der Waals surface area contributed by atoms with Crippen LogP contribution in [0.5, 0.6) is 0 Å². The lowest BCUT2D eigenvalue weighted by molar-refractivity contribution is 0.906. The summed E-state index contributed by atoms with van der Waals surface area (Å²) in [6, 6.07) is 26.0. The quantitative estimate of drug-likeness (QED) is 0.298. The van der Waals surface area contributed by atoms with E-state index in [2.05, 4.69) is 5.32 Å². The first-order chi connectivity index (χ1) is 20.2. The van der Waals surface area contributed by atoms with Gasteiger partial charge in [0.1, 0.15) is 11.7 Å². The SMILES string of the molecule is Cn1ccc2c3nc(c-2c1)N=C1N=C(N=C2N=C(N=C4N=C(N3)c3ccccc34)c3ccccc32)c2ccccc21. The van der Waals surface area contributed by atoms with Crippen LogP contribution in [0.4, 0.5) is 11.6 Å². The van der Waals surface area contributed by atoms with Crippen molar-refractivity contribution in [2.75, 3.05) is 5.32 Å². The van der Waals surface area contributed by atoms with Crippen LogP contribution in [-0.4, -0.2) is 44.6 Å². The Labute approximate surface area is 234 Å².